The molecule has 1 aliphatic rings. The number of aryl methyl sites for hydroxylation is 2. The molecular weight excluding hydrogens is 372 g/mol. The van der Waals surface area contributed by atoms with Gasteiger partial charge in [-0.25, -0.2) is 4.98 Å². The van der Waals surface area contributed by atoms with E-state index in [2.05, 4.69) is 16.4 Å². The second kappa shape index (κ2) is 9.09. The smallest absolute Gasteiger partial charge is 0.275 e. The molecule has 1 aliphatic heterocycles. The van der Waals surface area contributed by atoms with Crippen molar-refractivity contribution in [1.82, 2.24) is 20.1 Å². The number of hydrogen-bond acceptors (Lipinski definition) is 6. The molecule has 0 saturated carbocycles. The standard InChI is InChI=1S/C21H28N4O4/c1-14-11-16(5-6-19(14)28-4)7-8-22-20(26)18-12-25(10-9-24(18)3)21(27)17-13-29-15(2)23-17/h5-6,11,13,18H,7-10,12H2,1-4H3,(H,22,26)/t18-/m0/s1. The molecule has 0 spiro atoms. The Morgan fingerprint density at radius 3 is 2.76 bits per heavy atom. The molecule has 0 unspecified atom stereocenters. The van der Waals surface area contributed by atoms with Gasteiger partial charge in [-0.15, -0.1) is 0 Å². The van der Waals surface area contributed by atoms with E-state index < -0.39 is 6.04 Å². The third-order valence-corrected chi connectivity index (χ3v) is 5.25. The summed E-state index contributed by atoms with van der Waals surface area (Å²) >= 11 is 0. The van der Waals surface area contributed by atoms with Crippen LogP contribution in [-0.2, 0) is 11.2 Å². The van der Waals surface area contributed by atoms with Crippen molar-refractivity contribution in [3.8, 4) is 5.75 Å². The Labute approximate surface area is 170 Å². The number of ether oxygens (including phenoxy) is 1. The largest absolute Gasteiger partial charge is 0.496 e. The summed E-state index contributed by atoms with van der Waals surface area (Å²) in [5.74, 6) is 1.02. The Morgan fingerprint density at radius 1 is 1.31 bits per heavy atom. The number of likely N-dealkylation sites (N-methyl/N-ethyl adjacent to an activating group) is 1. The number of benzene rings is 1. The number of oxazole rings is 1. The summed E-state index contributed by atoms with van der Waals surface area (Å²) in [5.41, 5.74) is 2.49. The SMILES string of the molecule is COc1ccc(CCNC(=O)[C@@H]2CN(C(=O)c3coc(C)n3)CCN2C)cc1C. The van der Waals surface area contributed by atoms with E-state index in [0.717, 1.165) is 23.3 Å². The van der Waals surface area contributed by atoms with Crippen molar-refractivity contribution >= 4 is 11.8 Å². The third-order valence-electron chi connectivity index (χ3n) is 5.25. The third kappa shape index (κ3) is 4.95. The zero-order valence-electron chi connectivity index (χ0n) is 17.4. The second-order valence-electron chi connectivity index (χ2n) is 7.34. The average Bonchev–Trinajstić information content (AvgIpc) is 3.14. The van der Waals surface area contributed by atoms with E-state index in [1.54, 1.807) is 18.9 Å². The van der Waals surface area contributed by atoms with Crippen LogP contribution in [0.5, 0.6) is 5.75 Å². The molecule has 1 atom stereocenters. The Hall–Kier alpha value is -2.87. The highest BCUT2D eigenvalue weighted by Gasteiger charge is 2.33. The fourth-order valence-electron chi connectivity index (χ4n) is 3.51. The van der Waals surface area contributed by atoms with Gasteiger partial charge in [0.15, 0.2) is 11.6 Å². The maximum absolute atomic E-state index is 12.7. The Kier molecular flexibility index (Phi) is 6.53. The van der Waals surface area contributed by atoms with Gasteiger partial charge in [0, 0.05) is 33.1 Å². The minimum Gasteiger partial charge on any atom is -0.496 e. The summed E-state index contributed by atoms with van der Waals surface area (Å²) in [6.07, 6.45) is 2.09. The highest BCUT2D eigenvalue weighted by Crippen LogP contribution is 2.18. The van der Waals surface area contributed by atoms with Crippen LogP contribution in [0.4, 0.5) is 0 Å². The topological polar surface area (TPSA) is 87.9 Å². The zero-order valence-corrected chi connectivity index (χ0v) is 17.4. The van der Waals surface area contributed by atoms with Crippen molar-refractivity contribution in [3.63, 3.8) is 0 Å². The molecule has 2 heterocycles. The second-order valence-corrected chi connectivity index (χ2v) is 7.34. The van der Waals surface area contributed by atoms with E-state index in [0.29, 0.717) is 32.1 Å². The Morgan fingerprint density at radius 2 is 2.10 bits per heavy atom. The normalized spacial score (nSPS) is 17.2. The van der Waals surface area contributed by atoms with Gasteiger partial charge < -0.3 is 19.4 Å². The molecule has 2 amide bonds. The van der Waals surface area contributed by atoms with E-state index in [1.165, 1.54) is 6.26 Å². The van der Waals surface area contributed by atoms with Gasteiger partial charge in [0.1, 0.15) is 18.1 Å². The first kappa shape index (κ1) is 20.9. The van der Waals surface area contributed by atoms with Gasteiger partial charge in [-0.05, 0) is 37.6 Å². The van der Waals surface area contributed by atoms with Crippen molar-refractivity contribution < 1.29 is 18.7 Å². The van der Waals surface area contributed by atoms with Crippen LogP contribution >= 0.6 is 0 Å². The van der Waals surface area contributed by atoms with Crippen LogP contribution in [0.15, 0.2) is 28.9 Å². The van der Waals surface area contributed by atoms with Crippen LogP contribution in [0.2, 0.25) is 0 Å². The zero-order chi connectivity index (χ0) is 21.0. The van der Waals surface area contributed by atoms with Crippen LogP contribution < -0.4 is 10.1 Å². The first-order chi connectivity index (χ1) is 13.9. The summed E-state index contributed by atoms with van der Waals surface area (Å²) < 4.78 is 10.4. The molecule has 1 saturated heterocycles. The van der Waals surface area contributed by atoms with Gasteiger partial charge in [-0.3, -0.25) is 14.5 Å². The molecule has 1 fully saturated rings. The summed E-state index contributed by atoms with van der Waals surface area (Å²) in [6.45, 7) is 5.73. The summed E-state index contributed by atoms with van der Waals surface area (Å²) in [7, 11) is 3.56. The van der Waals surface area contributed by atoms with E-state index in [4.69, 9.17) is 9.15 Å². The molecule has 3 rings (SSSR count). The number of aromatic nitrogens is 1. The van der Waals surface area contributed by atoms with Crippen molar-refractivity contribution in [1.29, 1.82) is 0 Å². The van der Waals surface area contributed by atoms with Crippen molar-refractivity contribution in [3.05, 3.63) is 47.2 Å². The molecule has 1 N–H and O–H groups in total. The molecule has 0 bridgehead atoms. The molecule has 1 aromatic heterocycles. The number of nitrogens with one attached hydrogen (secondary N) is 1. The van der Waals surface area contributed by atoms with Crippen LogP contribution in [-0.4, -0.2) is 73.0 Å². The van der Waals surface area contributed by atoms with Gasteiger partial charge in [0.2, 0.25) is 5.91 Å². The molecule has 8 nitrogen and oxygen atoms in total. The Balaban J connectivity index is 1.55. The van der Waals surface area contributed by atoms with Gasteiger partial charge in [0.05, 0.1) is 7.11 Å². The van der Waals surface area contributed by atoms with E-state index >= 15 is 0 Å². The molecule has 29 heavy (non-hydrogen) atoms. The fraction of sp³-hybridized carbons (Fsp3) is 0.476. The molecule has 156 valence electrons. The molecule has 8 heteroatoms. The number of carbonyl (C=O) groups excluding carboxylic acids is 2. The predicted octanol–water partition coefficient (Wildman–Crippen LogP) is 1.42. The summed E-state index contributed by atoms with van der Waals surface area (Å²) in [5, 5.41) is 3.00. The predicted molar refractivity (Wildman–Crippen MR) is 108 cm³/mol. The number of rotatable bonds is 6. The highest BCUT2D eigenvalue weighted by molar-refractivity contribution is 5.93. The number of hydrogen-bond donors (Lipinski definition) is 1. The van der Waals surface area contributed by atoms with Crippen molar-refractivity contribution in [2.24, 2.45) is 0 Å². The van der Waals surface area contributed by atoms with Crippen LogP contribution in [0, 0.1) is 13.8 Å². The number of nitrogens with zero attached hydrogens (tertiary/aromatic N) is 3. The number of carbonyl (C=O) groups is 2. The lowest BCUT2D eigenvalue weighted by Gasteiger charge is -2.38. The van der Waals surface area contributed by atoms with Gasteiger partial charge in [-0.2, -0.15) is 0 Å². The lowest BCUT2D eigenvalue weighted by molar-refractivity contribution is -0.127. The van der Waals surface area contributed by atoms with E-state index in [-0.39, 0.29) is 17.5 Å². The van der Waals surface area contributed by atoms with E-state index in [9.17, 15) is 9.59 Å². The summed E-state index contributed by atoms with van der Waals surface area (Å²) in [6, 6.07) is 5.62. The maximum atomic E-state index is 12.7. The molecule has 2 aromatic rings. The van der Waals surface area contributed by atoms with Gasteiger partial charge >= 0.3 is 0 Å². The monoisotopic (exact) mass is 400 g/mol. The minimum absolute atomic E-state index is 0.0773. The maximum Gasteiger partial charge on any atom is 0.275 e. The fourth-order valence-corrected chi connectivity index (χ4v) is 3.51. The van der Waals surface area contributed by atoms with Crippen molar-refractivity contribution in [2.75, 3.05) is 40.3 Å². The number of piperazine rings is 1. The molecule has 0 radical (unpaired) electrons. The van der Waals surface area contributed by atoms with Crippen LogP contribution in [0.25, 0.3) is 0 Å². The lowest BCUT2D eigenvalue weighted by atomic mass is 10.1. The quantitative estimate of drug-likeness (QED) is 0.789. The van der Waals surface area contributed by atoms with Gasteiger partial charge in [0.25, 0.3) is 5.91 Å². The van der Waals surface area contributed by atoms with Gasteiger partial charge in [-0.1, -0.05) is 12.1 Å². The average molecular weight is 400 g/mol. The van der Waals surface area contributed by atoms with Crippen molar-refractivity contribution in [2.45, 2.75) is 26.3 Å². The lowest BCUT2D eigenvalue weighted by Crippen LogP contribution is -2.58. The Bertz CT molecular complexity index is 879. The number of methoxy groups -OCH3 is 1. The first-order valence-corrected chi connectivity index (χ1v) is 9.72. The summed E-state index contributed by atoms with van der Waals surface area (Å²) in [4.78, 5) is 33.1. The minimum atomic E-state index is -0.390. The molecular formula is C21H28N4O4. The highest BCUT2D eigenvalue weighted by atomic mass is 16.5. The number of amides is 2. The molecule has 1 aromatic carbocycles. The van der Waals surface area contributed by atoms with E-state index in [1.807, 2.05) is 31.0 Å². The van der Waals surface area contributed by atoms with Crippen LogP contribution in [0.1, 0.15) is 27.5 Å². The molecule has 0 aliphatic carbocycles. The first-order valence-electron chi connectivity index (χ1n) is 9.72. The van der Waals surface area contributed by atoms with Crippen LogP contribution in [0.3, 0.4) is 0 Å².